The fraction of sp³-hybridized carbons (Fsp3) is 0.150. The van der Waals surface area contributed by atoms with E-state index in [4.69, 9.17) is 0 Å². The average Bonchev–Trinajstić information content (AvgIpc) is 3.21. The van der Waals surface area contributed by atoms with E-state index in [1.54, 1.807) is 0 Å². The van der Waals surface area contributed by atoms with E-state index in [9.17, 15) is 0 Å². The molecule has 0 saturated heterocycles. The third-order valence-electron chi connectivity index (χ3n) is 8.32. The maximum Gasteiger partial charge on any atom is 0.196 e. The first-order valence-corrected chi connectivity index (χ1v) is 15.4. The quantitative estimate of drug-likeness (QED) is 0.283. The Morgan fingerprint density at radius 2 is 1.24 bits per heavy atom. The Labute approximate surface area is 274 Å². The van der Waals surface area contributed by atoms with E-state index in [-0.39, 0.29) is 0 Å². The molecule has 4 rings (SSSR count). The normalized spacial score (nSPS) is 25.5. The Morgan fingerprint density at radius 3 is 1.78 bits per heavy atom. The Hall–Kier alpha value is -4.63. The molecule has 0 aromatic heterocycles. The standard InChI is InChI=1S/C40H42B3N2/c1-11-22-29-28(10)41-31(15-5)36(16-6)44-38(18-8)34(24-13-3)43-35(25-14-4)39(19-9)45-37(17-7)33(23-12-2)42-32-27-21-20-26-30(32)40(29,44)45/h11-27H,2,5-6,8-9H2,1,3-4,7,10H3/b22-11-,24-13-,25-14-,33-23+,37-17+,38-34-,39-35-. The molecule has 0 fully saturated rings. The van der Waals surface area contributed by atoms with Gasteiger partial charge in [0, 0.05) is 22.8 Å². The zero-order valence-electron chi connectivity index (χ0n) is 27.5. The zero-order valence-corrected chi connectivity index (χ0v) is 27.5. The van der Waals surface area contributed by atoms with E-state index in [1.165, 1.54) is 0 Å². The van der Waals surface area contributed by atoms with Crippen molar-refractivity contribution in [1.29, 1.82) is 0 Å². The minimum Gasteiger partial charge on any atom is -0.311 e. The Morgan fingerprint density at radius 1 is 0.667 bits per heavy atom. The number of hydrogen-bond acceptors (Lipinski definition) is 2. The largest absolute Gasteiger partial charge is 0.311 e. The highest BCUT2D eigenvalue weighted by atomic mass is 15.4. The van der Waals surface area contributed by atoms with Crippen molar-refractivity contribution in [2.75, 3.05) is 0 Å². The SMILES string of the molecule is C=C/C=C1/[B]c2ccccc2C23C(/C=C\C)=C(C)[B]C(C=C)=C(C=C)N2/C(C=C)=C(/C=C\C)[B]C(/C=C\C)=C(/C=C)N3/C1=C/C. The predicted molar refractivity (Wildman–Crippen MR) is 200 cm³/mol. The highest BCUT2D eigenvalue weighted by molar-refractivity contribution is 6.63. The van der Waals surface area contributed by atoms with E-state index in [1.807, 2.05) is 44.2 Å². The van der Waals surface area contributed by atoms with E-state index >= 15 is 0 Å². The summed E-state index contributed by atoms with van der Waals surface area (Å²) in [7, 11) is 6.70. The summed E-state index contributed by atoms with van der Waals surface area (Å²) >= 11 is 0. The third kappa shape index (κ3) is 5.46. The second-order valence-electron chi connectivity index (χ2n) is 10.8. The van der Waals surface area contributed by atoms with E-state index in [0.29, 0.717) is 0 Å². The van der Waals surface area contributed by atoms with Crippen LogP contribution in [0.3, 0.4) is 0 Å². The third-order valence-corrected chi connectivity index (χ3v) is 8.32. The maximum atomic E-state index is 4.44. The first kappa shape index (κ1) is 33.3. The molecule has 45 heavy (non-hydrogen) atoms. The molecule has 0 aliphatic carbocycles. The molecular weight excluding hydrogens is 541 g/mol. The molecule has 0 amide bonds. The minimum absolute atomic E-state index is 0.915. The van der Waals surface area contributed by atoms with Gasteiger partial charge < -0.3 is 9.80 Å². The van der Waals surface area contributed by atoms with Crippen LogP contribution in [0, 0.1) is 0 Å². The van der Waals surface area contributed by atoms with Crippen molar-refractivity contribution in [2.24, 2.45) is 0 Å². The van der Waals surface area contributed by atoms with Crippen molar-refractivity contribution in [3.8, 4) is 0 Å². The molecule has 2 nitrogen and oxygen atoms in total. The maximum absolute atomic E-state index is 4.44. The highest BCUT2D eigenvalue weighted by Gasteiger charge is 2.55. The van der Waals surface area contributed by atoms with Crippen molar-refractivity contribution < 1.29 is 0 Å². The molecule has 5 heteroatoms. The van der Waals surface area contributed by atoms with Gasteiger partial charge in [-0.3, -0.25) is 0 Å². The van der Waals surface area contributed by atoms with Crippen LogP contribution in [0.1, 0.15) is 40.2 Å². The molecule has 3 radical (unpaired) electrons. The number of benzene rings is 1. The number of nitrogens with zero attached hydrogens (tertiary/aromatic N) is 2. The Balaban J connectivity index is 2.55. The second-order valence-corrected chi connectivity index (χ2v) is 10.8. The molecule has 1 aromatic rings. The van der Waals surface area contributed by atoms with Crippen LogP contribution in [0.5, 0.6) is 0 Å². The molecule has 1 unspecified atom stereocenters. The summed E-state index contributed by atoms with van der Waals surface area (Å²) in [6.07, 6.45) is 26.7. The summed E-state index contributed by atoms with van der Waals surface area (Å²) in [4.78, 5) is 4.85. The average molecular weight is 583 g/mol. The summed E-state index contributed by atoms with van der Waals surface area (Å²) in [5.41, 5.74) is 11.3. The summed E-state index contributed by atoms with van der Waals surface area (Å²) in [6.45, 7) is 32.1. The molecule has 1 atom stereocenters. The van der Waals surface area contributed by atoms with E-state index in [2.05, 4.69) is 158 Å². The Kier molecular flexibility index (Phi) is 10.7. The lowest BCUT2D eigenvalue weighted by molar-refractivity contribution is 0.0758. The van der Waals surface area contributed by atoms with Gasteiger partial charge in [0.1, 0.15) is 0 Å². The molecule has 0 bridgehead atoms. The van der Waals surface area contributed by atoms with E-state index in [0.717, 1.165) is 66.7 Å². The molecule has 3 aliphatic heterocycles. The van der Waals surface area contributed by atoms with Crippen LogP contribution < -0.4 is 5.46 Å². The molecule has 1 spiro atoms. The molecule has 3 heterocycles. The topological polar surface area (TPSA) is 6.48 Å². The van der Waals surface area contributed by atoms with Gasteiger partial charge in [-0.15, -0.1) is 0 Å². The van der Waals surface area contributed by atoms with Gasteiger partial charge in [-0.25, -0.2) is 0 Å². The number of allylic oxidation sites excluding steroid dienone is 17. The van der Waals surface area contributed by atoms with Crippen LogP contribution in [0.4, 0.5) is 0 Å². The lowest BCUT2D eigenvalue weighted by Gasteiger charge is -2.57. The zero-order chi connectivity index (χ0) is 32.7. The number of hydrogen-bond donors (Lipinski definition) is 0. The van der Waals surface area contributed by atoms with Gasteiger partial charge in [-0.05, 0) is 57.1 Å². The molecule has 0 saturated carbocycles. The van der Waals surface area contributed by atoms with Gasteiger partial charge in [0.05, 0.1) is 0 Å². The molecule has 1 aromatic carbocycles. The monoisotopic (exact) mass is 583 g/mol. The van der Waals surface area contributed by atoms with Gasteiger partial charge in [0.25, 0.3) is 0 Å². The molecule has 221 valence electrons. The smallest absolute Gasteiger partial charge is 0.196 e. The summed E-state index contributed by atoms with van der Waals surface area (Å²) in [5.74, 6) is 0. The van der Waals surface area contributed by atoms with Crippen molar-refractivity contribution in [2.45, 2.75) is 40.3 Å². The van der Waals surface area contributed by atoms with Crippen molar-refractivity contribution in [3.05, 3.63) is 197 Å². The first-order chi connectivity index (χ1) is 21.9. The number of rotatable bonds is 8. The van der Waals surface area contributed by atoms with Gasteiger partial charge >= 0.3 is 0 Å². The fourth-order valence-electron chi connectivity index (χ4n) is 6.74. The van der Waals surface area contributed by atoms with Gasteiger partial charge in [-0.2, -0.15) is 0 Å². The molecular formula is C40H42B3N2. The predicted octanol–water partition coefficient (Wildman–Crippen LogP) is 8.58. The summed E-state index contributed by atoms with van der Waals surface area (Å²) < 4.78 is 0. The van der Waals surface area contributed by atoms with Crippen LogP contribution in [0.15, 0.2) is 192 Å². The van der Waals surface area contributed by atoms with Crippen LogP contribution in [0.2, 0.25) is 0 Å². The van der Waals surface area contributed by atoms with Crippen LogP contribution in [-0.4, -0.2) is 31.6 Å². The molecule has 0 N–H and O–H groups in total. The van der Waals surface area contributed by atoms with Crippen LogP contribution >= 0.6 is 0 Å². The fourth-order valence-corrected chi connectivity index (χ4v) is 6.74. The van der Waals surface area contributed by atoms with Gasteiger partial charge in [0.15, 0.2) is 27.5 Å². The lowest BCUT2D eigenvalue weighted by atomic mass is 9.58. The van der Waals surface area contributed by atoms with Gasteiger partial charge in [-0.1, -0.05) is 158 Å². The van der Waals surface area contributed by atoms with Crippen molar-refractivity contribution >= 4 is 27.3 Å². The number of fused-ring (bicyclic) bond motifs is 1. The van der Waals surface area contributed by atoms with E-state index < -0.39 is 5.66 Å². The van der Waals surface area contributed by atoms with Crippen LogP contribution in [-0.2, 0) is 5.66 Å². The summed E-state index contributed by atoms with van der Waals surface area (Å²) in [6, 6.07) is 8.65. The van der Waals surface area contributed by atoms with Crippen molar-refractivity contribution in [1.82, 2.24) is 9.80 Å². The van der Waals surface area contributed by atoms with Gasteiger partial charge in [0.2, 0.25) is 0 Å². The molecule has 3 aliphatic rings. The minimum atomic E-state index is -0.978. The highest BCUT2D eigenvalue weighted by Crippen LogP contribution is 2.54. The Bertz CT molecular complexity index is 1720. The second kappa shape index (κ2) is 14.4. The van der Waals surface area contributed by atoms with Crippen molar-refractivity contribution in [3.63, 3.8) is 0 Å². The summed E-state index contributed by atoms with van der Waals surface area (Å²) in [5, 5.41) is 0. The lowest BCUT2D eigenvalue weighted by Crippen LogP contribution is -2.59. The van der Waals surface area contributed by atoms with Crippen LogP contribution in [0.25, 0.3) is 0 Å². The first-order valence-electron chi connectivity index (χ1n) is 15.4.